The molecule has 3 aromatic rings. The van der Waals surface area contributed by atoms with E-state index in [1.807, 2.05) is 29.6 Å². The van der Waals surface area contributed by atoms with E-state index < -0.39 is 5.76 Å². The summed E-state index contributed by atoms with van der Waals surface area (Å²) in [4.78, 5) is 15.3. The molecule has 0 radical (unpaired) electrons. The topological polar surface area (TPSA) is 60.5 Å². The molecule has 0 unspecified atom stereocenters. The predicted octanol–water partition coefficient (Wildman–Crippen LogP) is 3.37. The van der Waals surface area contributed by atoms with Gasteiger partial charge in [0, 0.05) is 12.6 Å². The molecule has 25 heavy (non-hydrogen) atoms. The molecule has 2 aromatic heterocycles. The van der Waals surface area contributed by atoms with E-state index >= 15 is 0 Å². The lowest BCUT2D eigenvalue weighted by molar-refractivity contribution is 0.185. The minimum atomic E-state index is -0.413. The van der Waals surface area contributed by atoms with Gasteiger partial charge < -0.3 is 9.15 Å². The summed E-state index contributed by atoms with van der Waals surface area (Å²) in [5, 5.41) is 6.30. The van der Waals surface area contributed by atoms with Gasteiger partial charge in [-0.05, 0) is 42.0 Å². The van der Waals surface area contributed by atoms with E-state index in [9.17, 15) is 4.79 Å². The van der Waals surface area contributed by atoms with Crippen LogP contribution in [0.5, 0.6) is 5.75 Å². The third kappa shape index (κ3) is 3.25. The van der Waals surface area contributed by atoms with Crippen LogP contribution in [0.1, 0.15) is 24.4 Å². The van der Waals surface area contributed by atoms with E-state index in [1.54, 1.807) is 7.11 Å². The zero-order chi connectivity index (χ0) is 17.2. The quantitative estimate of drug-likeness (QED) is 0.701. The van der Waals surface area contributed by atoms with E-state index in [1.165, 1.54) is 21.6 Å². The van der Waals surface area contributed by atoms with Crippen LogP contribution in [-0.2, 0) is 6.67 Å². The molecule has 6 nitrogen and oxygen atoms in total. The molecule has 0 N–H and O–H groups in total. The summed E-state index contributed by atoms with van der Waals surface area (Å²) in [6, 6.07) is 12.2. The van der Waals surface area contributed by atoms with Gasteiger partial charge in [0.05, 0.1) is 12.0 Å². The molecule has 0 aliphatic carbocycles. The monoisotopic (exact) mass is 357 g/mol. The summed E-state index contributed by atoms with van der Waals surface area (Å²) in [7, 11) is 1.67. The molecule has 4 rings (SSSR count). The molecule has 130 valence electrons. The van der Waals surface area contributed by atoms with Crippen molar-refractivity contribution < 1.29 is 9.15 Å². The Hall–Kier alpha value is -2.38. The van der Waals surface area contributed by atoms with Crippen molar-refractivity contribution in [2.75, 3.05) is 13.7 Å². The van der Waals surface area contributed by atoms with Crippen LogP contribution >= 0.6 is 11.3 Å². The average Bonchev–Trinajstić information content (AvgIpc) is 3.37. The highest BCUT2D eigenvalue weighted by molar-refractivity contribution is 7.13. The Morgan fingerprint density at radius 2 is 2.16 bits per heavy atom. The molecule has 0 bridgehead atoms. The van der Waals surface area contributed by atoms with Gasteiger partial charge in [-0.1, -0.05) is 18.2 Å². The Labute approximate surface area is 149 Å². The Kier molecular flexibility index (Phi) is 4.42. The van der Waals surface area contributed by atoms with Gasteiger partial charge in [-0.3, -0.25) is 4.90 Å². The molecule has 1 saturated heterocycles. The Bertz CT molecular complexity index is 883. The number of likely N-dealkylation sites (tertiary alicyclic amines) is 1. The van der Waals surface area contributed by atoms with E-state index in [0.717, 1.165) is 30.0 Å². The van der Waals surface area contributed by atoms with Gasteiger partial charge >= 0.3 is 5.76 Å². The molecule has 1 aliphatic rings. The summed E-state index contributed by atoms with van der Waals surface area (Å²) in [5.41, 5.74) is 1.23. The minimum Gasteiger partial charge on any atom is -0.497 e. The molecule has 3 heterocycles. The first-order valence-electron chi connectivity index (χ1n) is 8.24. The van der Waals surface area contributed by atoms with E-state index in [-0.39, 0.29) is 6.04 Å². The van der Waals surface area contributed by atoms with Crippen LogP contribution in [0.3, 0.4) is 0 Å². The largest absolute Gasteiger partial charge is 0.497 e. The van der Waals surface area contributed by atoms with Gasteiger partial charge in [0.1, 0.15) is 12.4 Å². The predicted molar refractivity (Wildman–Crippen MR) is 95.8 cm³/mol. The van der Waals surface area contributed by atoms with Gasteiger partial charge in [0.15, 0.2) is 0 Å². The van der Waals surface area contributed by atoms with Crippen LogP contribution in [0.2, 0.25) is 0 Å². The number of nitrogens with zero attached hydrogens (tertiary/aromatic N) is 3. The van der Waals surface area contributed by atoms with Crippen LogP contribution in [0.25, 0.3) is 10.8 Å². The maximum absolute atomic E-state index is 12.1. The smallest absolute Gasteiger partial charge is 0.438 e. The number of hydrogen-bond donors (Lipinski definition) is 0. The van der Waals surface area contributed by atoms with Gasteiger partial charge in [0.25, 0.3) is 5.89 Å². The van der Waals surface area contributed by atoms with Crippen LogP contribution in [0, 0.1) is 0 Å². The number of hydrogen-bond acceptors (Lipinski definition) is 6. The summed E-state index contributed by atoms with van der Waals surface area (Å²) >= 11 is 1.51. The van der Waals surface area contributed by atoms with Crippen LogP contribution < -0.4 is 10.5 Å². The minimum absolute atomic E-state index is 0.277. The van der Waals surface area contributed by atoms with Crippen molar-refractivity contribution in [2.45, 2.75) is 25.6 Å². The average molecular weight is 357 g/mol. The number of rotatable bonds is 5. The fourth-order valence-corrected chi connectivity index (χ4v) is 3.91. The zero-order valence-electron chi connectivity index (χ0n) is 13.9. The normalized spacial score (nSPS) is 17.9. The molecular weight excluding hydrogens is 338 g/mol. The second-order valence-electron chi connectivity index (χ2n) is 6.03. The van der Waals surface area contributed by atoms with Crippen LogP contribution in [0.15, 0.2) is 51.0 Å². The van der Waals surface area contributed by atoms with Crippen molar-refractivity contribution in [1.29, 1.82) is 0 Å². The second kappa shape index (κ2) is 6.85. The van der Waals surface area contributed by atoms with Crippen molar-refractivity contribution >= 4 is 11.3 Å². The number of benzene rings is 1. The van der Waals surface area contributed by atoms with Gasteiger partial charge in [-0.15, -0.1) is 16.4 Å². The van der Waals surface area contributed by atoms with Crippen molar-refractivity contribution in [3.63, 3.8) is 0 Å². The van der Waals surface area contributed by atoms with Crippen molar-refractivity contribution in [2.24, 2.45) is 0 Å². The first kappa shape index (κ1) is 16.1. The van der Waals surface area contributed by atoms with E-state index in [4.69, 9.17) is 9.15 Å². The standard InChI is InChI=1S/C18H19N3O3S/c1-23-14-8-6-13(7-9-14)15-4-2-10-20(15)12-21-18(22)24-17(19-21)16-5-3-11-25-16/h3,5-9,11,15H,2,4,10,12H2,1H3/t15-/m0/s1. The summed E-state index contributed by atoms with van der Waals surface area (Å²) in [5.74, 6) is 0.825. The first-order valence-corrected chi connectivity index (χ1v) is 9.12. The number of ether oxygens (including phenoxy) is 1. The maximum atomic E-state index is 12.1. The van der Waals surface area contributed by atoms with Crippen molar-refractivity contribution in [3.8, 4) is 16.5 Å². The number of methoxy groups -OCH3 is 1. The number of thiophene rings is 1. The second-order valence-corrected chi connectivity index (χ2v) is 6.98. The zero-order valence-corrected chi connectivity index (χ0v) is 14.7. The molecule has 1 fully saturated rings. The van der Waals surface area contributed by atoms with E-state index in [0.29, 0.717) is 12.6 Å². The summed E-state index contributed by atoms with van der Waals surface area (Å²) in [6.07, 6.45) is 2.16. The summed E-state index contributed by atoms with van der Waals surface area (Å²) in [6.45, 7) is 1.37. The molecule has 1 atom stereocenters. The van der Waals surface area contributed by atoms with Gasteiger partial charge in [-0.25, -0.2) is 4.79 Å². The highest BCUT2D eigenvalue weighted by atomic mass is 32.1. The third-order valence-corrected chi connectivity index (χ3v) is 5.38. The Balaban J connectivity index is 1.54. The first-order chi connectivity index (χ1) is 12.2. The highest BCUT2D eigenvalue weighted by Gasteiger charge is 2.27. The molecular formula is C18H19N3O3S. The SMILES string of the molecule is COc1ccc([C@@H]2CCCN2Cn2nc(-c3cccs3)oc2=O)cc1. The fraction of sp³-hybridized carbons (Fsp3) is 0.333. The van der Waals surface area contributed by atoms with E-state index in [2.05, 4.69) is 22.1 Å². The van der Waals surface area contributed by atoms with Crippen molar-refractivity contribution in [3.05, 3.63) is 57.9 Å². The van der Waals surface area contributed by atoms with Crippen LogP contribution in [-0.4, -0.2) is 28.3 Å². The van der Waals surface area contributed by atoms with Gasteiger partial charge in [-0.2, -0.15) is 4.68 Å². The lowest BCUT2D eigenvalue weighted by atomic mass is 10.0. The molecule has 0 saturated carbocycles. The lowest BCUT2D eigenvalue weighted by Gasteiger charge is -2.24. The fourth-order valence-electron chi connectivity index (χ4n) is 3.27. The summed E-state index contributed by atoms with van der Waals surface area (Å²) < 4.78 is 11.9. The Morgan fingerprint density at radius 1 is 1.32 bits per heavy atom. The molecule has 7 heteroatoms. The third-order valence-electron chi connectivity index (χ3n) is 4.52. The lowest BCUT2D eigenvalue weighted by Crippen LogP contribution is -2.31. The Morgan fingerprint density at radius 3 is 2.88 bits per heavy atom. The highest BCUT2D eigenvalue weighted by Crippen LogP contribution is 2.33. The molecule has 1 aliphatic heterocycles. The number of aromatic nitrogens is 2. The molecule has 0 amide bonds. The van der Waals surface area contributed by atoms with Crippen molar-refractivity contribution in [1.82, 2.24) is 14.7 Å². The van der Waals surface area contributed by atoms with Gasteiger partial charge in [0.2, 0.25) is 0 Å². The molecule has 1 aromatic carbocycles. The van der Waals surface area contributed by atoms with Crippen LogP contribution in [0.4, 0.5) is 0 Å². The maximum Gasteiger partial charge on any atom is 0.438 e. The molecule has 0 spiro atoms.